The van der Waals surface area contributed by atoms with Crippen molar-refractivity contribution in [3.8, 4) is 5.75 Å². The van der Waals surface area contributed by atoms with Crippen molar-refractivity contribution >= 4 is 21.4 Å². The Hall–Kier alpha value is -2.48. The van der Waals surface area contributed by atoms with Crippen LogP contribution >= 0.6 is 0 Å². The van der Waals surface area contributed by atoms with E-state index in [2.05, 4.69) is 5.32 Å². The van der Waals surface area contributed by atoms with Gasteiger partial charge in [0.15, 0.2) is 6.10 Å². The van der Waals surface area contributed by atoms with Crippen LogP contribution in [0.1, 0.15) is 5.56 Å². The average molecular weight is 353 g/mol. The van der Waals surface area contributed by atoms with E-state index in [1.165, 1.54) is 12.1 Å². The van der Waals surface area contributed by atoms with Gasteiger partial charge >= 0.3 is 5.76 Å². The lowest BCUT2D eigenvalue weighted by atomic mass is 10.1. The SMILES string of the molecule is O=C(Nc1ccc(S(=O)(=O)C(F)F)cc1)[C@@H]1Cc2ccccc2O1. The van der Waals surface area contributed by atoms with E-state index in [1.807, 2.05) is 12.1 Å². The Morgan fingerprint density at radius 3 is 2.42 bits per heavy atom. The van der Waals surface area contributed by atoms with Gasteiger partial charge in [-0.15, -0.1) is 0 Å². The van der Waals surface area contributed by atoms with E-state index in [9.17, 15) is 22.0 Å². The number of nitrogens with one attached hydrogen (secondary N) is 1. The van der Waals surface area contributed by atoms with Crippen LogP contribution in [0, 0.1) is 0 Å². The summed E-state index contributed by atoms with van der Waals surface area (Å²) in [5.41, 5.74) is 1.23. The summed E-state index contributed by atoms with van der Waals surface area (Å²) in [4.78, 5) is 11.7. The van der Waals surface area contributed by atoms with Gasteiger partial charge in [0.25, 0.3) is 5.91 Å². The third-order valence-electron chi connectivity index (χ3n) is 3.62. The second-order valence-corrected chi connectivity index (χ2v) is 7.16. The first-order valence-corrected chi connectivity index (χ1v) is 8.60. The highest BCUT2D eigenvalue weighted by molar-refractivity contribution is 7.91. The maximum Gasteiger partial charge on any atom is 0.341 e. The Morgan fingerprint density at radius 2 is 1.79 bits per heavy atom. The van der Waals surface area contributed by atoms with E-state index >= 15 is 0 Å². The fourth-order valence-electron chi connectivity index (χ4n) is 2.38. The number of ether oxygens (including phenoxy) is 1. The number of carbonyl (C=O) groups is 1. The van der Waals surface area contributed by atoms with Gasteiger partial charge in [-0.2, -0.15) is 8.78 Å². The molecule has 126 valence electrons. The standard InChI is InChI=1S/C16H13F2NO4S/c17-16(18)24(21,22)12-7-5-11(6-8-12)19-15(20)14-9-10-3-1-2-4-13(10)23-14/h1-8,14,16H,9H2,(H,19,20)/t14-/m0/s1. The summed E-state index contributed by atoms with van der Waals surface area (Å²) in [5.74, 6) is -3.23. The molecule has 2 aromatic carbocycles. The van der Waals surface area contributed by atoms with Gasteiger partial charge in [-0.1, -0.05) is 18.2 Å². The molecule has 0 spiro atoms. The number of para-hydroxylation sites is 1. The minimum absolute atomic E-state index is 0.299. The third kappa shape index (κ3) is 3.09. The molecule has 3 rings (SSSR count). The number of hydrogen-bond acceptors (Lipinski definition) is 4. The molecule has 1 atom stereocenters. The van der Waals surface area contributed by atoms with Gasteiger partial charge < -0.3 is 10.1 Å². The molecule has 1 aliphatic rings. The van der Waals surface area contributed by atoms with Gasteiger partial charge in [-0.05, 0) is 35.9 Å². The smallest absolute Gasteiger partial charge is 0.341 e. The Kier molecular flexibility index (Phi) is 4.23. The highest BCUT2D eigenvalue weighted by Gasteiger charge is 2.29. The van der Waals surface area contributed by atoms with Gasteiger partial charge in [0.2, 0.25) is 9.84 Å². The minimum atomic E-state index is -4.64. The van der Waals surface area contributed by atoms with Crippen molar-refractivity contribution < 1.29 is 26.7 Å². The number of anilines is 1. The lowest BCUT2D eigenvalue weighted by Gasteiger charge is -2.12. The van der Waals surface area contributed by atoms with Crippen molar-refractivity contribution in [1.29, 1.82) is 0 Å². The molecule has 2 aromatic rings. The van der Waals surface area contributed by atoms with Gasteiger partial charge in [0, 0.05) is 12.1 Å². The number of halogens is 2. The molecule has 0 saturated heterocycles. The van der Waals surface area contributed by atoms with Gasteiger partial charge in [0.1, 0.15) is 5.75 Å². The topological polar surface area (TPSA) is 72.5 Å². The summed E-state index contributed by atoms with van der Waals surface area (Å²) in [6, 6.07) is 11.9. The number of hydrogen-bond donors (Lipinski definition) is 1. The van der Waals surface area contributed by atoms with E-state index in [1.54, 1.807) is 12.1 Å². The lowest BCUT2D eigenvalue weighted by Crippen LogP contribution is -2.31. The number of amides is 1. The molecule has 0 bridgehead atoms. The monoisotopic (exact) mass is 353 g/mol. The van der Waals surface area contributed by atoms with E-state index in [0.29, 0.717) is 17.9 Å². The number of carbonyl (C=O) groups excluding carboxylic acids is 1. The quantitative estimate of drug-likeness (QED) is 0.917. The summed E-state index contributed by atoms with van der Waals surface area (Å²) < 4.78 is 53.2. The van der Waals surface area contributed by atoms with Crippen LogP contribution in [0.25, 0.3) is 0 Å². The van der Waals surface area contributed by atoms with Crippen molar-refractivity contribution in [1.82, 2.24) is 0 Å². The molecule has 0 radical (unpaired) electrons. The first-order valence-electron chi connectivity index (χ1n) is 7.05. The van der Waals surface area contributed by atoms with Crippen LogP contribution in [-0.2, 0) is 21.1 Å². The summed E-state index contributed by atoms with van der Waals surface area (Å²) in [6.45, 7) is 0. The molecule has 1 heterocycles. The van der Waals surface area contributed by atoms with Crippen molar-refractivity contribution in [3.63, 3.8) is 0 Å². The number of fused-ring (bicyclic) bond motifs is 1. The number of benzene rings is 2. The second-order valence-electron chi connectivity index (χ2n) is 5.24. The fraction of sp³-hybridized carbons (Fsp3) is 0.188. The minimum Gasteiger partial charge on any atom is -0.480 e. The van der Waals surface area contributed by atoms with E-state index in [-0.39, 0.29) is 0 Å². The summed E-state index contributed by atoms with van der Waals surface area (Å²) in [6.07, 6.45) is -0.258. The number of alkyl halides is 2. The fourth-order valence-corrected chi connectivity index (χ4v) is 3.10. The zero-order chi connectivity index (χ0) is 17.3. The first kappa shape index (κ1) is 16.4. The first-order chi connectivity index (χ1) is 11.4. The van der Waals surface area contributed by atoms with E-state index in [4.69, 9.17) is 4.74 Å². The maximum atomic E-state index is 12.5. The molecule has 1 aliphatic heterocycles. The Bertz CT molecular complexity index is 841. The van der Waals surface area contributed by atoms with E-state index in [0.717, 1.165) is 17.7 Å². The highest BCUT2D eigenvalue weighted by Crippen LogP contribution is 2.29. The van der Waals surface area contributed by atoms with Crippen LogP contribution < -0.4 is 10.1 Å². The molecule has 8 heteroatoms. The van der Waals surface area contributed by atoms with Crippen LogP contribution in [-0.4, -0.2) is 26.2 Å². The molecule has 24 heavy (non-hydrogen) atoms. The molecule has 5 nitrogen and oxygen atoms in total. The van der Waals surface area contributed by atoms with Crippen molar-refractivity contribution in [2.24, 2.45) is 0 Å². The summed E-state index contributed by atoms with van der Waals surface area (Å²) in [7, 11) is -4.64. The predicted octanol–water partition coefficient (Wildman–Crippen LogP) is 2.63. The average Bonchev–Trinajstić information content (AvgIpc) is 2.99. The van der Waals surface area contributed by atoms with Crippen molar-refractivity contribution in [2.45, 2.75) is 23.2 Å². The van der Waals surface area contributed by atoms with Crippen molar-refractivity contribution in [2.75, 3.05) is 5.32 Å². The molecule has 0 saturated carbocycles. The molecular weight excluding hydrogens is 340 g/mol. The molecule has 0 unspecified atom stereocenters. The normalized spacial score (nSPS) is 16.5. The zero-order valence-electron chi connectivity index (χ0n) is 12.3. The van der Waals surface area contributed by atoms with Crippen LogP contribution in [0.2, 0.25) is 0 Å². The second kappa shape index (κ2) is 6.20. The number of sulfone groups is 1. The zero-order valence-corrected chi connectivity index (χ0v) is 13.1. The Labute approximate surface area is 137 Å². The van der Waals surface area contributed by atoms with Gasteiger partial charge in [-0.3, -0.25) is 4.79 Å². The molecule has 0 aliphatic carbocycles. The molecule has 1 N–H and O–H groups in total. The van der Waals surface area contributed by atoms with Gasteiger partial charge in [-0.25, -0.2) is 8.42 Å². The summed E-state index contributed by atoms with van der Waals surface area (Å²) in [5, 5.41) is 2.58. The molecular formula is C16H13F2NO4S. The molecule has 0 fully saturated rings. The Morgan fingerprint density at radius 1 is 1.12 bits per heavy atom. The van der Waals surface area contributed by atoms with Crippen molar-refractivity contribution in [3.05, 3.63) is 54.1 Å². The lowest BCUT2D eigenvalue weighted by molar-refractivity contribution is -0.122. The summed E-state index contributed by atoms with van der Waals surface area (Å²) >= 11 is 0. The van der Waals surface area contributed by atoms with Crippen LogP contribution in [0.5, 0.6) is 5.75 Å². The highest BCUT2D eigenvalue weighted by atomic mass is 32.2. The predicted molar refractivity (Wildman–Crippen MR) is 82.8 cm³/mol. The third-order valence-corrected chi connectivity index (χ3v) is 5.02. The largest absolute Gasteiger partial charge is 0.480 e. The van der Waals surface area contributed by atoms with Gasteiger partial charge in [0.05, 0.1) is 4.90 Å². The van der Waals surface area contributed by atoms with Crippen LogP contribution in [0.15, 0.2) is 53.4 Å². The Balaban J connectivity index is 1.68. The van der Waals surface area contributed by atoms with E-state index < -0.39 is 32.5 Å². The van der Waals surface area contributed by atoms with Crippen LogP contribution in [0.3, 0.4) is 0 Å². The molecule has 1 amide bonds. The van der Waals surface area contributed by atoms with Crippen LogP contribution in [0.4, 0.5) is 14.5 Å². The number of rotatable bonds is 4. The molecule has 0 aromatic heterocycles. The maximum absolute atomic E-state index is 12.5.